The van der Waals surface area contributed by atoms with Gasteiger partial charge < -0.3 is 10.6 Å². The SMILES string of the molecule is O=C(NC1C=CC(c2ccccn2)=CN1)c1ccc(Cl)cc1. The summed E-state index contributed by atoms with van der Waals surface area (Å²) in [6.07, 6.45) is 7.16. The van der Waals surface area contributed by atoms with Crippen molar-refractivity contribution in [2.75, 3.05) is 0 Å². The molecule has 1 unspecified atom stereocenters. The number of nitrogens with zero attached hydrogens (tertiary/aromatic N) is 1. The van der Waals surface area contributed by atoms with Crippen LogP contribution in [0.4, 0.5) is 0 Å². The lowest BCUT2D eigenvalue weighted by molar-refractivity contribution is 0.0941. The van der Waals surface area contributed by atoms with Crippen molar-refractivity contribution in [2.45, 2.75) is 6.17 Å². The maximum absolute atomic E-state index is 12.1. The zero-order chi connectivity index (χ0) is 15.4. The minimum absolute atomic E-state index is 0.159. The second-order valence-corrected chi connectivity index (χ2v) is 5.23. The number of carbonyl (C=O) groups is 1. The van der Waals surface area contributed by atoms with Crippen LogP contribution < -0.4 is 10.6 Å². The molecule has 1 aliphatic rings. The van der Waals surface area contributed by atoms with Crippen LogP contribution in [0.2, 0.25) is 5.02 Å². The Morgan fingerprint density at radius 3 is 2.64 bits per heavy atom. The van der Waals surface area contributed by atoms with Crippen LogP contribution in [-0.2, 0) is 0 Å². The summed E-state index contributed by atoms with van der Waals surface area (Å²) in [5, 5.41) is 6.62. The summed E-state index contributed by atoms with van der Waals surface area (Å²) in [6.45, 7) is 0. The van der Waals surface area contributed by atoms with Gasteiger partial charge in [-0.25, -0.2) is 0 Å². The quantitative estimate of drug-likeness (QED) is 0.916. The predicted molar refractivity (Wildman–Crippen MR) is 87.2 cm³/mol. The summed E-state index contributed by atoms with van der Waals surface area (Å²) >= 11 is 5.81. The third-order valence-electron chi connectivity index (χ3n) is 3.24. The van der Waals surface area contributed by atoms with Crippen LogP contribution in [0.3, 0.4) is 0 Å². The molecule has 2 N–H and O–H groups in total. The van der Waals surface area contributed by atoms with Gasteiger partial charge >= 0.3 is 0 Å². The van der Waals surface area contributed by atoms with Crippen LogP contribution in [0.25, 0.3) is 5.57 Å². The maximum Gasteiger partial charge on any atom is 0.253 e. The van der Waals surface area contributed by atoms with E-state index < -0.39 is 0 Å². The van der Waals surface area contributed by atoms with Crippen LogP contribution in [0.15, 0.2) is 67.0 Å². The Morgan fingerprint density at radius 1 is 1.18 bits per heavy atom. The number of benzene rings is 1. The lowest BCUT2D eigenvalue weighted by Crippen LogP contribution is -2.42. The molecule has 0 saturated carbocycles. The highest BCUT2D eigenvalue weighted by molar-refractivity contribution is 6.30. The molecule has 0 saturated heterocycles. The molecular weight excluding hydrogens is 298 g/mol. The number of hydrogen-bond donors (Lipinski definition) is 2. The molecule has 1 amide bonds. The number of aromatic nitrogens is 1. The van der Waals surface area contributed by atoms with Crippen LogP contribution in [-0.4, -0.2) is 17.1 Å². The van der Waals surface area contributed by atoms with Crippen molar-refractivity contribution in [1.82, 2.24) is 15.6 Å². The molecule has 4 nitrogen and oxygen atoms in total. The van der Waals surface area contributed by atoms with E-state index in [1.807, 2.05) is 36.6 Å². The monoisotopic (exact) mass is 311 g/mol. The summed E-state index contributed by atoms with van der Waals surface area (Å²) in [7, 11) is 0. The number of hydrogen-bond acceptors (Lipinski definition) is 3. The Hall–Kier alpha value is -2.59. The van der Waals surface area contributed by atoms with Gasteiger partial charge in [0.15, 0.2) is 0 Å². The van der Waals surface area contributed by atoms with Gasteiger partial charge in [0.2, 0.25) is 0 Å². The van der Waals surface area contributed by atoms with Gasteiger partial charge in [-0.05, 0) is 42.5 Å². The van der Waals surface area contributed by atoms with Crippen molar-refractivity contribution in [2.24, 2.45) is 0 Å². The van der Waals surface area contributed by atoms with Gasteiger partial charge in [-0.2, -0.15) is 0 Å². The van der Waals surface area contributed by atoms with Gasteiger partial charge in [0.25, 0.3) is 5.91 Å². The van der Waals surface area contributed by atoms with Gasteiger partial charge in [-0.3, -0.25) is 9.78 Å². The zero-order valence-corrected chi connectivity index (χ0v) is 12.4. The van der Waals surface area contributed by atoms with Gasteiger partial charge in [-0.15, -0.1) is 0 Å². The Labute approximate surface area is 133 Å². The zero-order valence-electron chi connectivity index (χ0n) is 11.7. The topological polar surface area (TPSA) is 54.0 Å². The number of allylic oxidation sites excluding steroid dienone is 2. The van der Waals surface area contributed by atoms with E-state index >= 15 is 0 Å². The number of pyridine rings is 1. The van der Waals surface area contributed by atoms with Crippen molar-refractivity contribution in [3.05, 3.63) is 83.3 Å². The van der Waals surface area contributed by atoms with Crippen molar-refractivity contribution in [1.29, 1.82) is 0 Å². The number of halogens is 1. The van der Waals surface area contributed by atoms with E-state index in [0.29, 0.717) is 10.6 Å². The van der Waals surface area contributed by atoms with Crippen molar-refractivity contribution in [3.63, 3.8) is 0 Å². The Morgan fingerprint density at radius 2 is 2.00 bits per heavy atom. The second-order valence-electron chi connectivity index (χ2n) is 4.80. The number of rotatable bonds is 3. The third-order valence-corrected chi connectivity index (χ3v) is 3.49. The lowest BCUT2D eigenvalue weighted by Gasteiger charge is -2.20. The van der Waals surface area contributed by atoms with E-state index in [9.17, 15) is 4.79 Å². The minimum Gasteiger partial charge on any atom is -0.367 e. The molecule has 1 atom stereocenters. The molecule has 0 fully saturated rings. The Bertz CT molecular complexity index is 723. The fraction of sp³-hybridized carbons (Fsp3) is 0.0588. The average Bonchev–Trinajstić information content (AvgIpc) is 2.57. The van der Waals surface area contributed by atoms with Crippen molar-refractivity contribution in [3.8, 4) is 0 Å². The first-order chi connectivity index (χ1) is 10.7. The lowest BCUT2D eigenvalue weighted by atomic mass is 10.1. The maximum atomic E-state index is 12.1. The normalized spacial score (nSPS) is 16.6. The fourth-order valence-corrected chi connectivity index (χ4v) is 2.22. The molecule has 1 aliphatic heterocycles. The smallest absolute Gasteiger partial charge is 0.253 e. The number of nitrogens with one attached hydrogen (secondary N) is 2. The van der Waals surface area contributed by atoms with E-state index in [1.54, 1.807) is 30.5 Å². The molecule has 5 heteroatoms. The van der Waals surface area contributed by atoms with Gasteiger partial charge in [0, 0.05) is 28.6 Å². The number of carbonyl (C=O) groups excluding carboxylic acids is 1. The fourth-order valence-electron chi connectivity index (χ4n) is 2.09. The van der Waals surface area contributed by atoms with E-state index in [-0.39, 0.29) is 12.1 Å². The molecule has 1 aromatic heterocycles. The highest BCUT2D eigenvalue weighted by atomic mass is 35.5. The Kier molecular flexibility index (Phi) is 4.21. The minimum atomic E-state index is -0.254. The highest BCUT2D eigenvalue weighted by Crippen LogP contribution is 2.15. The first-order valence-electron chi connectivity index (χ1n) is 6.84. The van der Waals surface area contributed by atoms with E-state index in [1.165, 1.54) is 0 Å². The van der Waals surface area contributed by atoms with Crippen LogP contribution in [0, 0.1) is 0 Å². The highest BCUT2D eigenvalue weighted by Gasteiger charge is 2.13. The summed E-state index contributed by atoms with van der Waals surface area (Å²) < 4.78 is 0. The molecule has 110 valence electrons. The van der Waals surface area contributed by atoms with Gasteiger partial charge in [0.1, 0.15) is 6.17 Å². The predicted octanol–water partition coefficient (Wildman–Crippen LogP) is 2.99. The molecule has 2 heterocycles. The van der Waals surface area contributed by atoms with Crippen LogP contribution >= 0.6 is 11.6 Å². The first-order valence-corrected chi connectivity index (χ1v) is 7.22. The standard InChI is InChI=1S/C17H14ClN3O/c18-14-7-4-12(5-8-14)17(22)21-16-9-6-13(11-20-16)15-3-1-2-10-19-15/h1-11,16,20H,(H,21,22). The average molecular weight is 312 g/mol. The molecule has 0 spiro atoms. The van der Waals surface area contributed by atoms with Crippen LogP contribution in [0.1, 0.15) is 16.1 Å². The summed E-state index contributed by atoms with van der Waals surface area (Å²) in [5.74, 6) is -0.159. The van der Waals surface area contributed by atoms with Gasteiger partial charge in [0.05, 0.1) is 5.69 Å². The molecule has 1 aromatic carbocycles. The first kappa shape index (κ1) is 14.4. The molecule has 22 heavy (non-hydrogen) atoms. The summed E-state index contributed by atoms with van der Waals surface area (Å²) in [6, 6.07) is 12.5. The van der Waals surface area contributed by atoms with E-state index in [2.05, 4.69) is 15.6 Å². The molecule has 3 rings (SSSR count). The summed E-state index contributed by atoms with van der Waals surface area (Å²) in [4.78, 5) is 16.4. The van der Waals surface area contributed by atoms with E-state index in [4.69, 9.17) is 11.6 Å². The molecule has 0 radical (unpaired) electrons. The summed E-state index contributed by atoms with van der Waals surface area (Å²) in [5.41, 5.74) is 2.42. The second kappa shape index (κ2) is 6.45. The van der Waals surface area contributed by atoms with E-state index in [0.717, 1.165) is 11.3 Å². The van der Waals surface area contributed by atoms with Crippen molar-refractivity contribution >= 4 is 23.1 Å². The third kappa shape index (κ3) is 3.35. The van der Waals surface area contributed by atoms with Crippen molar-refractivity contribution < 1.29 is 4.79 Å². The largest absolute Gasteiger partial charge is 0.367 e. The number of dihydropyridines is 1. The Balaban J connectivity index is 1.62. The molecule has 0 aliphatic carbocycles. The molecular formula is C17H14ClN3O. The molecule has 2 aromatic rings. The van der Waals surface area contributed by atoms with Crippen LogP contribution in [0.5, 0.6) is 0 Å². The number of amides is 1. The molecule has 0 bridgehead atoms. The van der Waals surface area contributed by atoms with Gasteiger partial charge in [-0.1, -0.05) is 23.7 Å².